The van der Waals surface area contributed by atoms with Gasteiger partial charge in [-0.1, -0.05) is 90.0 Å². The third-order valence-corrected chi connectivity index (χ3v) is 5.95. The van der Waals surface area contributed by atoms with Crippen LogP contribution in [0, 0.1) is 10.1 Å². The van der Waals surface area contributed by atoms with Crippen LogP contribution < -0.4 is 0 Å². The second-order valence-corrected chi connectivity index (χ2v) is 8.94. The SMILES string of the molecule is CCCCCCCCCCCCCCCc1ccc(S(=O)(=O)O)cc1[N+](=O)[O-]. The molecule has 160 valence electrons. The van der Waals surface area contributed by atoms with E-state index >= 15 is 0 Å². The maximum absolute atomic E-state index is 11.2. The number of hydrogen-bond donors (Lipinski definition) is 1. The van der Waals surface area contributed by atoms with E-state index < -0.39 is 19.9 Å². The van der Waals surface area contributed by atoms with Crippen molar-refractivity contribution in [3.8, 4) is 0 Å². The minimum atomic E-state index is -4.43. The molecule has 0 atom stereocenters. The summed E-state index contributed by atoms with van der Waals surface area (Å²) in [6.45, 7) is 2.24. The topological polar surface area (TPSA) is 97.5 Å². The van der Waals surface area contributed by atoms with Crippen LogP contribution in [0.5, 0.6) is 0 Å². The summed E-state index contributed by atoms with van der Waals surface area (Å²) in [5, 5.41) is 11.2. The van der Waals surface area contributed by atoms with Gasteiger partial charge in [-0.15, -0.1) is 0 Å². The number of benzene rings is 1. The Bertz CT molecular complexity index is 688. The lowest BCUT2D eigenvalue weighted by Gasteiger charge is -2.05. The van der Waals surface area contributed by atoms with Crippen molar-refractivity contribution >= 4 is 15.8 Å². The maximum atomic E-state index is 11.2. The molecule has 0 aliphatic carbocycles. The molecule has 0 heterocycles. The predicted octanol–water partition coefficient (Wildman–Crippen LogP) is 6.48. The Hall–Kier alpha value is -1.47. The van der Waals surface area contributed by atoms with Gasteiger partial charge in [0.25, 0.3) is 15.8 Å². The Morgan fingerprint density at radius 1 is 0.857 bits per heavy atom. The second-order valence-electron chi connectivity index (χ2n) is 7.52. The van der Waals surface area contributed by atoms with Gasteiger partial charge in [0.05, 0.1) is 4.92 Å². The molecule has 0 aliphatic rings. The van der Waals surface area contributed by atoms with Gasteiger partial charge in [0.15, 0.2) is 0 Å². The molecule has 0 saturated heterocycles. The summed E-state index contributed by atoms with van der Waals surface area (Å²) in [4.78, 5) is 10.1. The van der Waals surface area contributed by atoms with Crippen molar-refractivity contribution in [1.82, 2.24) is 0 Å². The van der Waals surface area contributed by atoms with Crippen LogP contribution in [0.4, 0.5) is 5.69 Å². The van der Waals surface area contributed by atoms with Gasteiger partial charge < -0.3 is 0 Å². The number of nitrogens with zero attached hydrogens (tertiary/aromatic N) is 1. The lowest BCUT2D eigenvalue weighted by atomic mass is 10.0. The van der Waals surface area contributed by atoms with Crippen LogP contribution in [0.1, 0.15) is 96.0 Å². The van der Waals surface area contributed by atoms with E-state index in [1.54, 1.807) is 0 Å². The van der Waals surface area contributed by atoms with E-state index in [9.17, 15) is 18.5 Å². The predicted molar refractivity (Wildman–Crippen MR) is 112 cm³/mol. The van der Waals surface area contributed by atoms with Crippen molar-refractivity contribution in [1.29, 1.82) is 0 Å². The fourth-order valence-corrected chi connectivity index (χ4v) is 3.92. The van der Waals surface area contributed by atoms with Gasteiger partial charge in [-0.05, 0) is 18.9 Å². The van der Waals surface area contributed by atoms with Gasteiger partial charge in [0.1, 0.15) is 4.90 Å². The average Bonchev–Trinajstić information content (AvgIpc) is 2.64. The molecule has 1 aromatic carbocycles. The lowest BCUT2D eigenvalue weighted by Crippen LogP contribution is -2.02. The average molecular weight is 414 g/mol. The van der Waals surface area contributed by atoms with Crippen molar-refractivity contribution in [2.24, 2.45) is 0 Å². The zero-order valence-electron chi connectivity index (χ0n) is 17.1. The van der Waals surface area contributed by atoms with E-state index in [0.29, 0.717) is 12.0 Å². The summed E-state index contributed by atoms with van der Waals surface area (Å²) < 4.78 is 31.3. The molecular formula is C21H35NO5S. The van der Waals surface area contributed by atoms with Crippen LogP contribution >= 0.6 is 0 Å². The summed E-state index contributed by atoms with van der Waals surface area (Å²) in [5.41, 5.74) is 0.273. The monoisotopic (exact) mass is 413 g/mol. The Balaban J connectivity index is 2.19. The van der Waals surface area contributed by atoms with Gasteiger partial charge in [-0.2, -0.15) is 8.42 Å². The standard InChI is InChI=1S/C21H35NO5S/c1-2-3-4-5-6-7-8-9-10-11-12-13-14-15-19-16-17-20(28(25,26)27)18-21(19)22(23)24/h16-18H,2-15H2,1H3,(H,25,26,27). The first-order valence-electron chi connectivity index (χ1n) is 10.6. The smallest absolute Gasteiger partial charge is 0.282 e. The summed E-state index contributed by atoms with van der Waals surface area (Å²) in [6.07, 6.45) is 16.6. The van der Waals surface area contributed by atoms with Gasteiger partial charge in [-0.3, -0.25) is 14.7 Å². The molecule has 28 heavy (non-hydrogen) atoms. The van der Waals surface area contributed by atoms with E-state index in [1.807, 2.05) is 0 Å². The largest absolute Gasteiger partial charge is 0.294 e. The zero-order valence-corrected chi connectivity index (χ0v) is 17.9. The first-order valence-corrected chi connectivity index (χ1v) is 12.0. The summed E-state index contributed by atoms with van der Waals surface area (Å²) in [5.74, 6) is 0. The van der Waals surface area contributed by atoms with E-state index in [1.165, 1.54) is 76.3 Å². The lowest BCUT2D eigenvalue weighted by molar-refractivity contribution is -0.385. The first-order chi connectivity index (χ1) is 13.4. The van der Waals surface area contributed by atoms with Crippen molar-refractivity contribution in [3.63, 3.8) is 0 Å². The van der Waals surface area contributed by atoms with Crippen molar-refractivity contribution in [3.05, 3.63) is 33.9 Å². The minimum Gasteiger partial charge on any atom is -0.282 e. The van der Waals surface area contributed by atoms with Gasteiger partial charge in [0.2, 0.25) is 0 Å². The summed E-state index contributed by atoms with van der Waals surface area (Å²) in [6, 6.07) is 3.59. The van der Waals surface area contributed by atoms with Crippen LogP contribution in [0.3, 0.4) is 0 Å². The fourth-order valence-electron chi connectivity index (χ4n) is 3.42. The Kier molecular flexibility index (Phi) is 12.0. The van der Waals surface area contributed by atoms with Crippen molar-refractivity contribution < 1.29 is 17.9 Å². The third-order valence-electron chi connectivity index (χ3n) is 5.10. The number of unbranched alkanes of at least 4 members (excludes halogenated alkanes) is 12. The molecule has 0 saturated carbocycles. The van der Waals surface area contributed by atoms with Gasteiger partial charge in [-0.25, -0.2) is 0 Å². The number of nitro groups is 1. The van der Waals surface area contributed by atoms with Crippen LogP contribution in [0.25, 0.3) is 0 Å². The molecule has 1 N–H and O–H groups in total. The molecule has 0 bridgehead atoms. The van der Waals surface area contributed by atoms with Crippen LogP contribution in [0.2, 0.25) is 0 Å². The molecule has 0 aromatic heterocycles. The maximum Gasteiger partial charge on any atom is 0.294 e. The molecule has 0 spiro atoms. The van der Waals surface area contributed by atoms with E-state index in [0.717, 1.165) is 25.3 Å². The Morgan fingerprint density at radius 2 is 1.32 bits per heavy atom. The number of rotatable bonds is 16. The van der Waals surface area contributed by atoms with Gasteiger partial charge >= 0.3 is 0 Å². The molecule has 0 fully saturated rings. The fraction of sp³-hybridized carbons (Fsp3) is 0.714. The number of hydrogen-bond acceptors (Lipinski definition) is 4. The third kappa shape index (κ3) is 10.2. The molecule has 1 rings (SSSR count). The van der Waals surface area contributed by atoms with Crippen molar-refractivity contribution in [2.45, 2.75) is 102 Å². The molecule has 6 nitrogen and oxygen atoms in total. The molecule has 0 amide bonds. The molecule has 1 aromatic rings. The zero-order chi connectivity index (χ0) is 20.8. The normalized spacial score (nSPS) is 11.6. The highest BCUT2D eigenvalue weighted by atomic mass is 32.2. The van der Waals surface area contributed by atoms with E-state index in [2.05, 4.69) is 6.92 Å². The highest BCUT2D eigenvalue weighted by molar-refractivity contribution is 7.85. The van der Waals surface area contributed by atoms with Crippen molar-refractivity contribution in [2.75, 3.05) is 0 Å². The Morgan fingerprint density at radius 3 is 1.75 bits per heavy atom. The molecule has 0 unspecified atom stereocenters. The quantitative estimate of drug-likeness (QED) is 0.145. The van der Waals surface area contributed by atoms with Crippen LogP contribution in [0.15, 0.2) is 23.1 Å². The second kappa shape index (κ2) is 13.7. The molecule has 0 aliphatic heterocycles. The molecule has 0 radical (unpaired) electrons. The van der Waals surface area contributed by atoms with Gasteiger partial charge in [0, 0.05) is 11.6 Å². The minimum absolute atomic E-state index is 0.242. The van der Waals surface area contributed by atoms with Crippen LogP contribution in [-0.2, 0) is 16.5 Å². The molecule has 7 heteroatoms. The highest BCUT2D eigenvalue weighted by Crippen LogP contribution is 2.25. The molecular weight excluding hydrogens is 378 g/mol. The Labute approximate surface area is 169 Å². The number of nitro benzene ring substituents is 1. The highest BCUT2D eigenvalue weighted by Gasteiger charge is 2.19. The van der Waals surface area contributed by atoms with Crippen LogP contribution in [-0.4, -0.2) is 17.9 Å². The van der Waals surface area contributed by atoms with E-state index in [-0.39, 0.29) is 5.69 Å². The summed E-state index contributed by atoms with van der Waals surface area (Å²) in [7, 11) is -4.43. The first kappa shape index (κ1) is 24.6. The van der Waals surface area contributed by atoms with E-state index in [4.69, 9.17) is 4.55 Å². The number of aryl methyl sites for hydroxylation is 1. The summed E-state index contributed by atoms with van der Waals surface area (Å²) >= 11 is 0.